The van der Waals surface area contributed by atoms with Gasteiger partial charge in [0.2, 0.25) is 5.88 Å². The maximum Gasteiger partial charge on any atom is 0.301 e. The molecule has 1 aromatic carbocycles. The second kappa shape index (κ2) is 6.91. The lowest BCUT2D eigenvalue weighted by atomic mass is 10.2. The Morgan fingerprint density at radius 3 is 2.65 bits per heavy atom. The van der Waals surface area contributed by atoms with Gasteiger partial charge in [0.1, 0.15) is 0 Å². The molecule has 20 heavy (non-hydrogen) atoms. The SMILES string of the molecule is COc1ccc([N+](=O)[O-])c(SCCc2ccccc2)n1. The second-order valence-electron chi connectivity index (χ2n) is 4.02. The molecule has 6 heteroatoms. The van der Waals surface area contributed by atoms with Gasteiger partial charge in [0.15, 0.2) is 5.03 Å². The van der Waals surface area contributed by atoms with Crippen molar-refractivity contribution in [3.63, 3.8) is 0 Å². The van der Waals surface area contributed by atoms with Crippen LogP contribution in [0.25, 0.3) is 0 Å². The van der Waals surface area contributed by atoms with Crippen LogP contribution in [-0.2, 0) is 6.42 Å². The van der Waals surface area contributed by atoms with Crippen LogP contribution >= 0.6 is 11.8 Å². The van der Waals surface area contributed by atoms with Crippen LogP contribution in [0.15, 0.2) is 47.5 Å². The first kappa shape index (κ1) is 14.3. The number of aryl methyl sites for hydroxylation is 1. The molecular weight excluding hydrogens is 276 g/mol. The molecule has 0 atom stereocenters. The summed E-state index contributed by atoms with van der Waals surface area (Å²) in [6.45, 7) is 0. The predicted octanol–water partition coefficient (Wildman–Crippen LogP) is 3.33. The van der Waals surface area contributed by atoms with Crippen molar-refractivity contribution in [2.24, 2.45) is 0 Å². The molecule has 2 aromatic rings. The number of nitrogens with zero attached hydrogens (tertiary/aromatic N) is 2. The lowest BCUT2D eigenvalue weighted by molar-refractivity contribution is -0.388. The molecule has 0 N–H and O–H groups in total. The van der Waals surface area contributed by atoms with E-state index < -0.39 is 4.92 Å². The van der Waals surface area contributed by atoms with Gasteiger partial charge in [-0.3, -0.25) is 10.1 Å². The molecule has 0 amide bonds. The Bertz CT molecular complexity index is 590. The minimum Gasteiger partial charge on any atom is -0.481 e. The number of pyridine rings is 1. The molecule has 0 aliphatic rings. The minimum absolute atomic E-state index is 0.0175. The molecule has 0 bridgehead atoms. The average Bonchev–Trinajstić information content (AvgIpc) is 2.48. The maximum atomic E-state index is 11.0. The van der Waals surface area contributed by atoms with E-state index in [0.29, 0.717) is 10.9 Å². The van der Waals surface area contributed by atoms with Gasteiger partial charge >= 0.3 is 5.69 Å². The monoisotopic (exact) mass is 290 g/mol. The number of nitro groups is 1. The molecule has 0 spiro atoms. The molecule has 104 valence electrons. The smallest absolute Gasteiger partial charge is 0.301 e. The van der Waals surface area contributed by atoms with E-state index in [0.717, 1.165) is 12.2 Å². The van der Waals surface area contributed by atoms with Crippen LogP contribution < -0.4 is 4.74 Å². The quantitative estimate of drug-likeness (QED) is 0.464. The van der Waals surface area contributed by atoms with Gasteiger partial charge in [-0.25, -0.2) is 0 Å². The Kier molecular flexibility index (Phi) is 4.95. The van der Waals surface area contributed by atoms with Crippen LogP contribution in [0.4, 0.5) is 5.69 Å². The molecule has 0 aliphatic heterocycles. The number of benzene rings is 1. The third-order valence-electron chi connectivity index (χ3n) is 2.69. The van der Waals surface area contributed by atoms with Crippen LogP contribution in [-0.4, -0.2) is 22.8 Å². The zero-order valence-corrected chi connectivity index (χ0v) is 11.8. The highest BCUT2D eigenvalue weighted by Gasteiger charge is 2.16. The van der Waals surface area contributed by atoms with Crippen molar-refractivity contribution in [2.45, 2.75) is 11.4 Å². The number of hydrogen-bond acceptors (Lipinski definition) is 5. The Morgan fingerprint density at radius 1 is 1.25 bits per heavy atom. The minimum atomic E-state index is -0.419. The van der Waals surface area contributed by atoms with E-state index >= 15 is 0 Å². The summed E-state index contributed by atoms with van der Waals surface area (Å²) in [5.41, 5.74) is 1.22. The van der Waals surface area contributed by atoms with E-state index in [1.165, 1.54) is 36.6 Å². The van der Waals surface area contributed by atoms with Crippen molar-refractivity contribution in [3.05, 3.63) is 58.1 Å². The summed E-state index contributed by atoms with van der Waals surface area (Å²) in [5, 5.41) is 11.4. The van der Waals surface area contributed by atoms with Gasteiger partial charge < -0.3 is 4.74 Å². The maximum absolute atomic E-state index is 11.0. The van der Waals surface area contributed by atoms with Crippen molar-refractivity contribution in [2.75, 3.05) is 12.9 Å². The largest absolute Gasteiger partial charge is 0.481 e. The molecule has 0 fully saturated rings. The first-order valence-corrected chi connectivity index (χ1v) is 7.05. The van der Waals surface area contributed by atoms with E-state index in [9.17, 15) is 10.1 Å². The van der Waals surface area contributed by atoms with Crippen molar-refractivity contribution in [1.82, 2.24) is 4.98 Å². The number of rotatable bonds is 6. The molecule has 0 radical (unpaired) electrons. The zero-order chi connectivity index (χ0) is 14.4. The van der Waals surface area contributed by atoms with E-state index in [1.807, 2.05) is 30.3 Å². The molecule has 0 saturated heterocycles. The second-order valence-corrected chi connectivity index (χ2v) is 5.10. The van der Waals surface area contributed by atoms with Gasteiger partial charge in [0.05, 0.1) is 12.0 Å². The molecule has 0 unspecified atom stereocenters. The van der Waals surface area contributed by atoms with Crippen LogP contribution in [0.3, 0.4) is 0 Å². The van der Waals surface area contributed by atoms with E-state index in [4.69, 9.17) is 4.74 Å². The standard InChI is InChI=1S/C14H14N2O3S/c1-19-13-8-7-12(16(17)18)14(15-13)20-10-9-11-5-3-2-4-6-11/h2-8H,9-10H2,1H3. The number of hydrogen-bond donors (Lipinski definition) is 0. The van der Waals surface area contributed by atoms with Crippen molar-refractivity contribution >= 4 is 17.4 Å². The van der Waals surface area contributed by atoms with Gasteiger partial charge in [-0.15, -0.1) is 0 Å². The summed E-state index contributed by atoms with van der Waals surface area (Å²) >= 11 is 1.37. The average molecular weight is 290 g/mol. The summed E-state index contributed by atoms with van der Waals surface area (Å²) in [6.07, 6.45) is 0.835. The summed E-state index contributed by atoms with van der Waals surface area (Å²) in [4.78, 5) is 14.7. The van der Waals surface area contributed by atoms with Gasteiger partial charge in [0.25, 0.3) is 0 Å². The summed E-state index contributed by atoms with van der Waals surface area (Å²) in [5.74, 6) is 1.11. The number of ether oxygens (including phenoxy) is 1. The van der Waals surface area contributed by atoms with Gasteiger partial charge in [0, 0.05) is 17.9 Å². The first-order valence-electron chi connectivity index (χ1n) is 6.07. The Balaban J connectivity index is 2.06. The first-order chi connectivity index (χ1) is 9.70. The van der Waals surface area contributed by atoms with Crippen LogP contribution in [0.1, 0.15) is 5.56 Å². The van der Waals surface area contributed by atoms with E-state index in [-0.39, 0.29) is 5.69 Å². The van der Waals surface area contributed by atoms with Crippen molar-refractivity contribution in [3.8, 4) is 5.88 Å². The molecular formula is C14H14N2O3S. The summed E-state index contributed by atoms with van der Waals surface area (Å²) in [6, 6.07) is 12.9. The fraction of sp³-hybridized carbons (Fsp3) is 0.214. The lowest BCUT2D eigenvalue weighted by Crippen LogP contribution is -1.97. The lowest BCUT2D eigenvalue weighted by Gasteiger charge is -2.05. The van der Waals surface area contributed by atoms with Gasteiger partial charge in [-0.1, -0.05) is 42.1 Å². The fourth-order valence-corrected chi connectivity index (χ4v) is 2.66. The topological polar surface area (TPSA) is 65.3 Å². The summed E-state index contributed by atoms with van der Waals surface area (Å²) in [7, 11) is 1.49. The Morgan fingerprint density at radius 2 is 2.00 bits per heavy atom. The normalized spacial score (nSPS) is 10.2. The van der Waals surface area contributed by atoms with Crippen LogP contribution in [0.2, 0.25) is 0 Å². The van der Waals surface area contributed by atoms with Crippen molar-refractivity contribution in [1.29, 1.82) is 0 Å². The molecule has 1 aromatic heterocycles. The third-order valence-corrected chi connectivity index (χ3v) is 3.67. The molecule has 5 nitrogen and oxygen atoms in total. The van der Waals surface area contributed by atoms with Crippen LogP contribution in [0.5, 0.6) is 5.88 Å². The number of aromatic nitrogens is 1. The summed E-state index contributed by atoms with van der Waals surface area (Å²) < 4.78 is 5.01. The van der Waals surface area contributed by atoms with E-state index in [1.54, 1.807) is 0 Å². The molecule has 0 aliphatic carbocycles. The van der Waals surface area contributed by atoms with Gasteiger partial charge in [-0.2, -0.15) is 4.98 Å². The van der Waals surface area contributed by atoms with Gasteiger partial charge in [-0.05, 0) is 12.0 Å². The molecule has 2 rings (SSSR count). The number of methoxy groups -OCH3 is 1. The van der Waals surface area contributed by atoms with Crippen molar-refractivity contribution < 1.29 is 9.66 Å². The van der Waals surface area contributed by atoms with Crippen LogP contribution in [0, 0.1) is 10.1 Å². The third kappa shape index (κ3) is 3.71. The predicted molar refractivity (Wildman–Crippen MR) is 78.3 cm³/mol. The highest BCUT2D eigenvalue weighted by Crippen LogP contribution is 2.29. The molecule has 0 saturated carbocycles. The zero-order valence-electron chi connectivity index (χ0n) is 11.0. The highest BCUT2D eigenvalue weighted by molar-refractivity contribution is 7.99. The fourth-order valence-electron chi connectivity index (χ4n) is 1.69. The highest BCUT2D eigenvalue weighted by atomic mass is 32.2. The Hall–Kier alpha value is -2.08. The Labute approximate surface area is 121 Å². The number of thioether (sulfide) groups is 1. The van der Waals surface area contributed by atoms with E-state index in [2.05, 4.69) is 4.98 Å². The molecule has 1 heterocycles.